The van der Waals surface area contributed by atoms with Gasteiger partial charge in [0.1, 0.15) is 67.3 Å². The number of hydrogen-bond donors (Lipinski definition) is 12. The zero-order valence-electron chi connectivity index (χ0n) is 24.9. The summed E-state index contributed by atoms with van der Waals surface area (Å²) in [5, 5.41) is 113. The van der Waals surface area contributed by atoms with Gasteiger partial charge in [-0.05, 0) is 32.3 Å². The van der Waals surface area contributed by atoms with Crippen molar-refractivity contribution in [3.8, 4) is 0 Å². The Morgan fingerprint density at radius 1 is 0.889 bits per heavy atom. The molecule has 0 saturated carbocycles. The average molecular weight is 658 g/mol. The number of aliphatic hydroxyl groups is 11. The van der Waals surface area contributed by atoms with Gasteiger partial charge in [0.2, 0.25) is 12.6 Å². The van der Waals surface area contributed by atoms with Crippen molar-refractivity contribution >= 4 is 0 Å². The lowest BCUT2D eigenvalue weighted by Gasteiger charge is -2.49. The van der Waals surface area contributed by atoms with E-state index in [2.05, 4.69) is 0 Å². The molecule has 0 amide bonds. The molecule has 0 aromatic carbocycles. The van der Waals surface area contributed by atoms with E-state index in [1.54, 1.807) is 6.92 Å². The molecule has 0 aromatic rings. The van der Waals surface area contributed by atoms with Crippen molar-refractivity contribution in [2.24, 2.45) is 11.7 Å². The number of ether oxygens (including phenoxy) is 6. The average Bonchev–Trinajstić information content (AvgIpc) is 3.00. The molecule has 3 saturated heterocycles. The molecular formula is C27H47NO17. The van der Waals surface area contributed by atoms with E-state index in [0.717, 1.165) is 0 Å². The van der Waals surface area contributed by atoms with E-state index < -0.39 is 123 Å². The van der Waals surface area contributed by atoms with Crippen LogP contribution in [0, 0.1) is 5.92 Å². The SMILES string of the molecule is CC(O)C1OC(OC2C(CO)OC(N)C(O)C2O)C(O)C(O)C1OC1OC(C)(CCC2C=C(CO)C(O)C(O)C2O)COC1O. The molecule has 18 atom stereocenters. The monoisotopic (exact) mass is 657 g/mol. The fraction of sp³-hybridized carbons (Fsp3) is 0.926. The summed E-state index contributed by atoms with van der Waals surface area (Å²) < 4.78 is 33.9. The van der Waals surface area contributed by atoms with Crippen molar-refractivity contribution < 1.29 is 84.6 Å². The third kappa shape index (κ3) is 7.85. The van der Waals surface area contributed by atoms with Gasteiger partial charge in [-0.3, -0.25) is 0 Å². The Morgan fingerprint density at radius 2 is 1.53 bits per heavy atom. The first-order valence-corrected chi connectivity index (χ1v) is 14.8. The van der Waals surface area contributed by atoms with Gasteiger partial charge in [0.15, 0.2) is 6.29 Å². The highest BCUT2D eigenvalue weighted by molar-refractivity contribution is 5.19. The maximum absolute atomic E-state index is 11.0. The van der Waals surface area contributed by atoms with Gasteiger partial charge in [0.25, 0.3) is 0 Å². The van der Waals surface area contributed by atoms with Crippen LogP contribution in [-0.4, -0.2) is 180 Å². The topological polar surface area (TPSA) is 304 Å². The smallest absolute Gasteiger partial charge is 0.210 e. The van der Waals surface area contributed by atoms with Crippen LogP contribution < -0.4 is 5.73 Å². The van der Waals surface area contributed by atoms with Crippen LogP contribution in [0.15, 0.2) is 11.6 Å². The molecule has 3 heterocycles. The van der Waals surface area contributed by atoms with E-state index in [0.29, 0.717) is 0 Å². The molecule has 18 nitrogen and oxygen atoms in total. The largest absolute Gasteiger partial charge is 0.394 e. The van der Waals surface area contributed by atoms with Crippen molar-refractivity contribution in [3.05, 3.63) is 11.6 Å². The molecule has 13 N–H and O–H groups in total. The molecule has 0 bridgehead atoms. The standard InChI is InChI=1S/C27H47NO17/c1-9(31)20-22(17(36)19(38)25(42-20)43-21-12(7-30)41-23(28)18(37)16(21)35)44-26-24(39)40-8-27(2,45-26)4-3-10-5-11(6-29)14(33)15(34)13(10)32/h5,9-10,12-26,29-39H,3-4,6-8,28H2,1-2H3. The predicted molar refractivity (Wildman–Crippen MR) is 145 cm³/mol. The Balaban J connectivity index is 1.44. The first-order valence-electron chi connectivity index (χ1n) is 14.8. The number of hydrogen-bond acceptors (Lipinski definition) is 18. The van der Waals surface area contributed by atoms with E-state index in [1.165, 1.54) is 13.0 Å². The van der Waals surface area contributed by atoms with Crippen molar-refractivity contribution in [2.45, 2.75) is 131 Å². The van der Waals surface area contributed by atoms with Crippen LogP contribution in [0.4, 0.5) is 0 Å². The Bertz CT molecular complexity index is 989. The van der Waals surface area contributed by atoms with Gasteiger partial charge >= 0.3 is 0 Å². The second-order valence-corrected chi connectivity index (χ2v) is 12.4. The predicted octanol–water partition coefficient (Wildman–Crippen LogP) is -6.16. The Morgan fingerprint density at radius 3 is 2.16 bits per heavy atom. The highest BCUT2D eigenvalue weighted by Gasteiger charge is 2.53. The minimum absolute atomic E-state index is 0.131. The summed E-state index contributed by atoms with van der Waals surface area (Å²) in [6.07, 6.45) is -22.7. The minimum Gasteiger partial charge on any atom is -0.394 e. The molecule has 262 valence electrons. The minimum atomic E-state index is -1.88. The van der Waals surface area contributed by atoms with Crippen molar-refractivity contribution in [1.29, 1.82) is 0 Å². The van der Waals surface area contributed by atoms with Gasteiger partial charge in [-0.25, -0.2) is 0 Å². The summed E-state index contributed by atoms with van der Waals surface area (Å²) >= 11 is 0. The normalized spacial score (nSPS) is 50.2. The molecule has 0 radical (unpaired) electrons. The van der Waals surface area contributed by atoms with Crippen LogP contribution in [-0.2, 0) is 28.4 Å². The van der Waals surface area contributed by atoms with Crippen LogP contribution in [0.1, 0.15) is 26.7 Å². The third-order valence-corrected chi connectivity index (χ3v) is 8.84. The lowest BCUT2D eigenvalue weighted by atomic mass is 9.80. The van der Waals surface area contributed by atoms with Crippen LogP contribution >= 0.6 is 0 Å². The van der Waals surface area contributed by atoms with Crippen LogP contribution in [0.5, 0.6) is 0 Å². The maximum Gasteiger partial charge on any atom is 0.210 e. The Labute approximate surface area is 258 Å². The summed E-state index contributed by atoms with van der Waals surface area (Å²) in [6, 6.07) is 0. The lowest BCUT2D eigenvalue weighted by Crippen LogP contribution is -2.67. The Hall–Kier alpha value is -0.980. The molecular weight excluding hydrogens is 610 g/mol. The highest BCUT2D eigenvalue weighted by Crippen LogP contribution is 2.36. The van der Waals surface area contributed by atoms with E-state index in [4.69, 9.17) is 34.2 Å². The van der Waals surface area contributed by atoms with Crippen molar-refractivity contribution in [1.82, 2.24) is 0 Å². The summed E-state index contributed by atoms with van der Waals surface area (Å²) in [5.41, 5.74) is 4.62. The fourth-order valence-corrected chi connectivity index (χ4v) is 6.06. The van der Waals surface area contributed by atoms with Gasteiger partial charge < -0.3 is 90.3 Å². The zero-order chi connectivity index (χ0) is 33.4. The third-order valence-electron chi connectivity index (χ3n) is 8.84. The maximum atomic E-state index is 11.0. The van der Waals surface area contributed by atoms with Crippen LogP contribution in [0.3, 0.4) is 0 Å². The molecule has 18 heteroatoms. The second kappa shape index (κ2) is 15.1. The molecule has 3 fully saturated rings. The number of aliphatic hydroxyl groups excluding tert-OH is 11. The van der Waals surface area contributed by atoms with E-state index >= 15 is 0 Å². The van der Waals surface area contributed by atoms with Gasteiger partial charge in [-0.1, -0.05) is 6.08 Å². The van der Waals surface area contributed by atoms with Gasteiger partial charge in [0.05, 0.1) is 37.6 Å². The van der Waals surface area contributed by atoms with Crippen LogP contribution in [0.2, 0.25) is 0 Å². The fourth-order valence-electron chi connectivity index (χ4n) is 6.06. The molecule has 0 spiro atoms. The van der Waals surface area contributed by atoms with E-state index in [1.807, 2.05) is 0 Å². The summed E-state index contributed by atoms with van der Waals surface area (Å²) in [7, 11) is 0. The number of rotatable bonds is 10. The highest BCUT2D eigenvalue weighted by atomic mass is 16.8. The lowest BCUT2D eigenvalue weighted by molar-refractivity contribution is -0.398. The molecule has 4 aliphatic rings. The van der Waals surface area contributed by atoms with Crippen molar-refractivity contribution in [3.63, 3.8) is 0 Å². The van der Waals surface area contributed by atoms with Gasteiger partial charge in [0, 0.05) is 5.92 Å². The quantitative estimate of drug-likeness (QED) is 0.0973. The van der Waals surface area contributed by atoms with E-state index in [-0.39, 0.29) is 25.0 Å². The molecule has 0 aromatic heterocycles. The summed E-state index contributed by atoms with van der Waals surface area (Å²) in [4.78, 5) is 0. The number of nitrogens with two attached hydrogens (primary N) is 1. The van der Waals surface area contributed by atoms with Gasteiger partial charge in [-0.15, -0.1) is 0 Å². The first-order chi connectivity index (χ1) is 21.1. The summed E-state index contributed by atoms with van der Waals surface area (Å²) in [5.74, 6) is -0.659. The summed E-state index contributed by atoms with van der Waals surface area (Å²) in [6.45, 7) is 1.60. The van der Waals surface area contributed by atoms with Crippen molar-refractivity contribution in [2.75, 3.05) is 19.8 Å². The molecule has 4 rings (SSSR count). The van der Waals surface area contributed by atoms with E-state index in [9.17, 15) is 56.2 Å². The zero-order valence-corrected chi connectivity index (χ0v) is 24.9. The first kappa shape index (κ1) is 36.8. The van der Waals surface area contributed by atoms with Gasteiger partial charge in [-0.2, -0.15) is 0 Å². The molecule has 3 aliphatic heterocycles. The van der Waals surface area contributed by atoms with Crippen LogP contribution in [0.25, 0.3) is 0 Å². The molecule has 1 aliphatic carbocycles. The Kier molecular flexibility index (Phi) is 12.3. The molecule has 45 heavy (non-hydrogen) atoms. The molecule has 18 unspecified atom stereocenters. The second-order valence-electron chi connectivity index (χ2n) is 12.4.